The molecule has 0 saturated carbocycles. The number of aliphatic hydroxyl groups is 1. The van der Waals surface area contributed by atoms with Gasteiger partial charge in [0.25, 0.3) is 0 Å². The fraction of sp³-hybridized carbons (Fsp3) is 0.600. The minimum atomic E-state index is -0.520. The lowest BCUT2D eigenvalue weighted by atomic mass is 9.82. The van der Waals surface area contributed by atoms with Crippen LogP contribution in [0.2, 0.25) is 0 Å². The molecule has 0 radical (unpaired) electrons. The Hall–Kier alpha value is -0.450. The van der Waals surface area contributed by atoms with E-state index in [1.165, 1.54) is 12.1 Å². The number of aliphatic hydroxyl groups excluding tert-OH is 1. The average Bonchev–Trinajstić information content (AvgIpc) is 2.58. The Labute approximate surface area is 122 Å². The largest absolute Gasteiger partial charge is 0.392 e. The minimum absolute atomic E-state index is 0.0346. The van der Waals surface area contributed by atoms with Crippen LogP contribution in [0.1, 0.15) is 26.3 Å². The van der Waals surface area contributed by atoms with E-state index in [9.17, 15) is 9.50 Å². The molecule has 1 saturated heterocycles. The van der Waals surface area contributed by atoms with Crippen LogP contribution in [-0.2, 0) is 11.2 Å². The molecule has 0 aliphatic carbocycles. The molecular weight excluding hydrogens is 311 g/mol. The molecule has 1 heterocycles. The molecule has 0 bridgehead atoms. The summed E-state index contributed by atoms with van der Waals surface area (Å²) in [5.41, 5.74) is 0.798. The summed E-state index contributed by atoms with van der Waals surface area (Å²) >= 11 is 3.40. The van der Waals surface area contributed by atoms with Crippen molar-refractivity contribution in [2.45, 2.75) is 45.5 Å². The second-order valence-electron chi connectivity index (χ2n) is 5.49. The van der Waals surface area contributed by atoms with Crippen molar-refractivity contribution < 1.29 is 14.2 Å². The van der Waals surface area contributed by atoms with Gasteiger partial charge >= 0.3 is 0 Å². The maximum absolute atomic E-state index is 13.3. The summed E-state index contributed by atoms with van der Waals surface area (Å²) in [4.78, 5) is 0. The van der Waals surface area contributed by atoms with E-state index in [0.717, 1.165) is 10.0 Å². The molecule has 0 spiro atoms. The van der Waals surface area contributed by atoms with Crippen LogP contribution in [0.15, 0.2) is 22.7 Å². The van der Waals surface area contributed by atoms with Crippen LogP contribution in [0.5, 0.6) is 0 Å². The summed E-state index contributed by atoms with van der Waals surface area (Å²) in [7, 11) is 0. The van der Waals surface area contributed by atoms with Gasteiger partial charge in [0.1, 0.15) is 5.82 Å². The summed E-state index contributed by atoms with van der Waals surface area (Å²) in [6, 6.07) is 4.56. The van der Waals surface area contributed by atoms with E-state index in [0.29, 0.717) is 12.3 Å². The van der Waals surface area contributed by atoms with E-state index >= 15 is 0 Å². The molecule has 2 nitrogen and oxygen atoms in total. The quantitative estimate of drug-likeness (QED) is 0.918. The smallest absolute Gasteiger partial charge is 0.123 e. The van der Waals surface area contributed by atoms with E-state index in [1.54, 1.807) is 6.07 Å². The summed E-state index contributed by atoms with van der Waals surface area (Å²) in [6.45, 7) is 6.13. The lowest BCUT2D eigenvalue weighted by molar-refractivity contribution is 0.0239. The van der Waals surface area contributed by atoms with Crippen LogP contribution in [-0.4, -0.2) is 23.4 Å². The molecule has 19 heavy (non-hydrogen) atoms. The first-order valence-corrected chi connectivity index (χ1v) is 7.47. The molecule has 2 rings (SSSR count). The molecule has 1 aromatic carbocycles. The topological polar surface area (TPSA) is 29.5 Å². The van der Waals surface area contributed by atoms with E-state index in [2.05, 4.69) is 22.9 Å². The highest BCUT2D eigenvalue weighted by Gasteiger charge is 2.41. The molecule has 1 N–H and O–H groups in total. The first-order chi connectivity index (χ1) is 8.90. The van der Waals surface area contributed by atoms with E-state index in [-0.39, 0.29) is 23.9 Å². The molecule has 4 heteroatoms. The number of benzene rings is 1. The number of halogens is 2. The van der Waals surface area contributed by atoms with Crippen LogP contribution in [0.25, 0.3) is 0 Å². The van der Waals surface area contributed by atoms with Gasteiger partial charge in [-0.15, -0.1) is 0 Å². The van der Waals surface area contributed by atoms with Crippen molar-refractivity contribution >= 4 is 15.9 Å². The Morgan fingerprint density at radius 2 is 2.00 bits per heavy atom. The van der Waals surface area contributed by atoms with Gasteiger partial charge in [0.05, 0.1) is 18.3 Å². The second kappa shape index (κ2) is 5.90. The Bertz CT molecular complexity index is 452. The van der Waals surface area contributed by atoms with Gasteiger partial charge in [0.15, 0.2) is 0 Å². The molecule has 5 atom stereocenters. The van der Waals surface area contributed by atoms with Gasteiger partial charge in [0, 0.05) is 10.4 Å². The average molecular weight is 331 g/mol. The van der Waals surface area contributed by atoms with Gasteiger partial charge in [-0.05, 0) is 49.9 Å². The molecular formula is C15H20BrFO2. The highest BCUT2D eigenvalue weighted by molar-refractivity contribution is 9.10. The van der Waals surface area contributed by atoms with Crippen molar-refractivity contribution in [1.29, 1.82) is 0 Å². The molecule has 0 amide bonds. The fourth-order valence-corrected chi connectivity index (χ4v) is 3.43. The van der Waals surface area contributed by atoms with Crippen molar-refractivity contribution in [3.63, 3.8) is 0 Å². The molecule has 0 aromatic heterocycles. The molecule has 1 fully saturated rings. The highest BCUT2D eigenvalue weighted by Crippen LogP contribution is 2.36. The lowest BCUT2D eigenvalue weighted by Gasteiger charge is -2.25. The van der Waals surface area contributed by atoms with Gasteiger partial charge in [-0.3, -0.25) is 0 Å². The summed E-state index contributed by atoms with van der Waals surface area (Å²) < 4.78 is 19.8. The van der Waals surface area contributed by atoms with Crippen LogP contribution < -0.4 is 0 Å². The third-order valence-corrected chi connectivity index (χ3v) is 4.97. The second-order valence-corrected chi connectivity index (χ2v) is 6.34. The lowest BCUT2D eigenvalue weighted by Crippen LogP contribution is -2.32. The van der Waals surface area contributed by atoms with Crippen molar-refractivity contribution in [1.82, 2.24) is 0 Å². The van der Waals surface area contributed by atoms with E-state index < -0.39 is 6.10 Å². The Kier molecular flexibility index (Phi) is 4.64. The van der Waals surface area contributed by atoms with Gasteiger partial charge in [0.2, 0.25) is 0 Å². The fourth-order valence-electron chi connectivity index (χ4n) is 3.02. The highest BCUT2D eigenvalue weighted by atomic mass is 79.9. The number of ether oxygens (including phenoxy) is 1. The monoisotopic (exact) mass is 330 g/mol. The number of rotatable bonds is 3. The summed E-state index contributed by atoms with van der Waals surface area (Å²) in [5.74, 6) is 0.116. The third-order valence-electron chi connectivity index (χ3n) is 4.20. The first-order valence-electron chi connectivity index (χ1n) is 6.67. The Morgan fingerprint density at radius 1 is 1.32 bits per heavy atom. The van der Waals surface area contributed by atoms with Crippen molar-refractivity contribution in [3.8, 4) is 0 Å². The van der Waals surface area contributed by atoms with Gasteiger partial charge < -0.3 is 9.84 Å². The van der Waals surface area contributed by atoms with Crippen LogP contribution in [0, 0.1) is 17.7 Å². The van der Waals surface area contributed by atoms with Crippen LogP contribution in [0.3, 0.4) is 0 Å². The molecule has 1 aliphatic heterocycles. The zero-order valence-electron chi connectivity index (χ0n) is 11.4. The predicted molar refractivity (Wildman–Crippen MR) is 76.5 cm³/mol. The van der Waals surface area contributed by atoms with Gasteiger partial charge in [-0.25, -0.2) is 4.39 Å². The first kappa shape index (κ1) is 14.9. The minimum Gasteiger partial charge on any atom is -0.392 e. The van der Waals surface area contributed by atoms with Crippen molar-refractivity contribution in [2.75, 3.05) is 0 Å². The van der Waals surface area contributed by atoms with Gasteiger partial charge in [-0.2, -0.15) is 0 Å². The Morgan fingerprint density at radius 3 is 2.58 bits per heavy atom. The van der Waals surface area contributed by atoms with Crippen LogP contribution >= 0.6 is 15.9 Å². The van der Waals surface area contributed by atoms with Crippen LogP contribution in [0.4, 0.5) is 4.39 Å². The molecule has 1 aromatic rings. The standard InChI is InChI=1S/C15H20BrFO2/c1-8-9(2)19-10(3)15(8)14(18)7-11-6-12(17)4-5-13(11)16/h4-6,8-10,14-15,18H,7H2,1-3H3. The maximum Gasteiger partial charge on any atom is 0.123 e. The van der Waals surface area contributed by atoms with Gasteiger partial charge in [-0.1, -0.05) is 22.9 Å². The number of hydrogen-bond donors (Lipinski definition) is 1. The van der Waals surface area contributed by atoms with Crippen molar-refractivity contribution in [3.05, 3.63) is 34.1 Å². The van der Waals surface area contributed by atoms with Crippen molar-refractivity contribution in [2.24, 2.45) is 11.8 Å². The van der Waals surface area contributed by atoms with E-state index in [1.807, 2.05) is 13.8 Å². The summed E-state index contributed by atoms with van der Waals surface area (Å²) in [6.07, 6.45) is 0.110. The molecule has 5 unspecified atom stereocenters. The maximum atomic E-state index is 13.3. The zero-order valence-corrected chi connectivity index (χ0v) is 13.0. The van der Waals surface area contributed by atoms with E-state index in [4.69, 9.17) is 4.74 Å². The predicted octanol–water partition coefficient (Wildman–Crippen LogP) is 3.55. The SMILES string of the molecule is CC1OC(C)C(C(O)Cc2cc(F)ccc2Br)C1C. The Balaban J connectivity index is 2.12. The normalized spacial score (nSPS) is 32.5. The summed E-state index contributed by atoms with van der Waals surface area (Å²) in [5, 5.41) is 10.5. The zero-order chi connectivity index (χ0) is 14.2. The molecule has 106 valence electrons. The number of hydrogen-bond acceptors (Lipinski definition) is 2. The molecule has 1 aliphatic rings. The third kappa shape index (κ3) is 3.18.